The van der Waals surface area contributed by atoms with Crippen LogP contribution in [0.1, 0.15) is 15.9 Å². The predicted octanol–water partition coefficient (Wildman–Crippen LogP) is 4.86. The summed E-state index contributed by atoms with van der Waals surface area (Å²) in [5.41, 5.74) is 3.23. The highest BCUT2D eigenvalue weighted by Gasteiger charge is 2.11. The molecule has 3 rings (SSSR count). The summed E-state index contributed by atoms with van der Waals surface area (Å²) < 4.78 is 23.7. The normalized spacial score (nSPS) is 10.3. The Balaban J connectivity index is 1.63. The van der Waals surface area contributed by atoms with Crippen molar-refractivity contribution in [2.75, 3.05) is 7.11 Å². The first-order valence-corrected chi connectivity index (χ1v) is 7.82. The second-order valence-electron chi connectivity index (χ2n) is 5.49. The number of rotatable bonds is 5. The van der Waals surface area contributed by atoms with Gasteiger partial charge < -0.3 is 9.47 Å². The molecule has 3 aromatic rings. The Kier molecular flexibility index (Phi) is 5.09. The zero-order valence-corrected chi connectivity index (χ0v) is 13.7. The lowest BCUT2D eigenvalue weighted by Crippen LogP contribution is -2.06. The first kappa shape index (κ1) is 16.7. The first-order valence-electron chi connectivity index (χ1n) is 7.82. The molecular weight excluding hydrogens is 319 g/mol. The van der Waals surface area contributed by atoms with Gasteiger partial charge in [0.25, 0.3) is 0 Å². The minimum absolute atomic E-state index is 0.0908. The average Bonchev–Trinajstić information content (AvgIpc) is 2.67. The molecule has 25 heavy (non-hydrogen) atoms. The summed E-state index contributed by atoms with van der Waals surface area (Å²) >= 11 is 0. The van der Waals surface area contributed by atoms with Crippen LogP contribution < -0.4 is 4.74 Å². The van der Waals surface area contributed by atoms with Crippen molar-refractivity contribution in [3.63, 3.8) is 0 Å². The zero-order chi connectivity index (χ0) is 17.6. The van der Waals surface area contributed by atoms with Crippen LogP contribution in [-0.4, -0.2) is 13.1 Å². The lowest BCUT2D eigenvalue weighted by atomic mass is 10.0. The second-order valence-corrected chi connectivity index (χ2v) is 5.49. The second kappa shape index (κ2) is 7.62. The highest BCUT2D eigenvalue weighted by Crippen LogP contribution is 2.21. The fourth-order valence-corrected chi connectivity index (χ4v) is 2.45. The smallest absolute Gasteiger partial charge is 0.338 e. The van der Waals surface area contributed by atoms with Crippen LogP contribution >= 0.6 is 0 Å². The van der Waals surface area contributed by atoms with E-state index in [2.05, 4.69) is 0 Å². The van der Waals surface area contributed by atoms with E-state index in [1.54, 1.807) is 0 Å². The van der Waals surface area contributed by atoms with E-state index in [9.17, 15) is 9.18 Å². The van der Waals surface area contributed by atoms with Crippen molar-refractivity contribution < 1.29 is 18.7 Å². The highest BCUT2D eigenvalue weighted by atomic mass is 19.1. The molecule has 0 unspecified atom stereocenters. The molecule has 0 aliphatic rings. The number of hydrogen-bond donors (Lipinski definition) is 0. The van der Waals surface area contributed by atoms with Crippen LogP contribution in [-0.2, 0) is 11.3 Å². The third kappa shape index (κ3) is 4.04. The predicted molar refractivity (Wildman–Crippen MR) is 93.9 cm³/mol. The number of benzene rings is 3. The lowest BCUT2D eigenvalue weighted by molar-refractivity contribution is 0.0472. The van der Waals surface area contributed by atoms with Crippen molar-refractivity contribution in [3.05, 3.63) is 89.7 Å². The van der Waals surface area contributed by atoms with E-state index in [-0.39, 0.29) is 17.9 Å². The van der Waals surface area contributed by atoms with E-state index in [1.807, 2.05) is 54.6 Å². The lowest BCUT2D eigenvalue weighted by Gasteiger charge is -2.08. The van der Waals surface area contributed by atoms with E-state index in [0.29, 0.717) is 0 Å². The molecule has 3 aromatic carbocycles. The Morgan fingerprint density at radius 3 is 2.24 bits per heavy atom. The third-order valence-electron chi connectivity index (χ3n) is 3.82. The topological polar surface area (TPSA) is 35.5 Å². The molecule has 0 amide bonds. The molecule has 0 saturated carbocycles. The molecule has 4 heteroatoms. The molecule has 0 bridgehead atoms. The largest absolute Gasteiger partial charge is 0.494 e. The van der Waals surface area contributed by atoms with E-state index < -0.39 is 11.8 Å². The van der Waals surface area contributed by atoms with Crippen LogP contribution in [0.2, 0.25) is 0 Å². The van der Waals surface area contributed by atoms with Gasteiger partial charge in [0, 0.05) is 0 Å². The Labute approximate surface area is 145 Å². The van der Waals surface area contributed by atoms with Crippen LogP contribution in [0.5, 0.6) is 5.75 Å². The van der Waals surface area contributed by atoms with Crippen molar-refractivity contribution in [2.45, 2.75) is 6.61 Å². The number of halogens is 1. The van der Waals surface area contributed by atoms with Crippen LogP contribution in [0.15, 0.2) is 72.8 Å². The maximum atomic E-state index is 13.6. The van der Waals surface area contributed by atoms with Gasteiger partial charge >= 0.3 is 5.97 Å². The monoisotopic (exact) mass is 336 g/mol. The van der Waals surface area contributed by atoms with E-state index in [4.69, 9.17) is 9.47 Å². The van der Waals surface area contributed by atoms with Crippen molar-refractivity contribution in [1.29, 1.82) is 0 Å². The van der Waals surface area contributed by atoms with Gasteiger partial charge in [0.15, 0.2) is 11.6 Å². The maximum absolute atomic E-state index is 13.6. The molecule has 0 heterocycles. The van der Waals surface area contributed by atoms with Gasteiger partial charge in [-0.2, -0.15) is 0 Å². The Morgan fingerprint density at radius 2 is 1.60 bits per heavy atom. The molecule has 0 N–H and O–H groups in total. The van der Waals surface area contributed by atoms with Gasteiger partial charge in [0.2, 0.25) is 0 Å². The number of carbonyl (C=O) groups is 1. The SMILES string of the molecule is COc1ccc(C(=O)OCc2ccc(-c3ccccc3)cc2)cc1F. The fraction of sp³-hybridized carbons (Fsp3) is 0.0952. The van der Waals surface area contributed by atoms with Gasteiger partial charge in [0.1, 0.15) is 6.61 Å². The van der Waals surface area contributed by atoms with Crippen molar-refractivity contribution in [3.8, 4) is 16.9 Å². The molecule has 0 fully saturated rings. The van der Waals surface area contributed by atoms with Crippen LogP contribution in [0.25, 0.3) is 11.1 Å². The van der Waals surface area contributed by atoms with Gasteiger partial charge in [0.05, 0.1) is 12.7 Å². The molecule has 0 aromatic heterocycles. The summed E-state index contributed by atoms with van der Waals surface area (Å²) in [5, 5.41) is 0. The van der Waals surface area contributed by atoms with Gasteiger partial charge in [-0.1, -0.05) is 54.6 Å². The first-order chi connectivity index (χ1) is 12.2. The van der Waals surface area contributed by atoms with Crippen LogP contribution in [0, 0.1) is 5.82 Å². The Bertz CT molecular complexity index is 858. The van der Waals surface area contributed by atoms with Gasteiger partial charge in [-0.05, 0) is 34.9 Å². The van der Waals surface area contributed by atoms with Crippen LogP contribution in [0.3, 0.4) is 0 Å². The fourth-order valence-electron chi connectivity index (χ4n) is 2.45. The van der Waals surface area contributed by atoms with Crippen LogP contribution in [0.4, 0.5) is 4.39 Å². The summed E-state index contributed by atoms with van der Waals surface area (Å²) in [6, 6.07) is 21.8. The Morgan fingerprint density at radius 1 is 0.920 bits per heavy atom. The van der Waals surface area contributed by atoms with Gasteiger partial charge in [-0.25, -0.2) is 9.18 Å². The summed E-state index contributed by atoms with van der Waals surface area (Å²) in [6.45, 7) is 0.127. The maximum Gasteiger partial charge on any atom is 0.338 e. The summed E-state index contributed by atoms with van der Waals surface area (Å²) in [6.07, 6.45) is 0. The molecule has 126 valence electrons. The molecular formula is C21H17FO3. The Hall–Kier alpha value is -3.14. The number of hydrogen-bond acceptors (Lipinski definition) is 3. The number of carbonyl (C=O) groups excluding carboxylic acids is 1. The molecule has 0 aliphatic carbocycles. The average molecular weight is 336 g/mol. The van der Waals surface area contributed by atoms with E-state index in [1.165, 1.54) is 19.2 Å². The minimum atomic E-state index is -0.593. The van der Waals surface area contributed by atoms with E-state index >= 15 is 0 Å². The highest BCUT2D eigenvalue weighted by molar-refractivity contribution is 5.89. The summed E-state index contributed by atoms with van der Waals surface area (Å²) in [4.78, 5) is 12.0. The van der Waals surface area contributed by atoms with Crippen molar-refractivity contribution in [1.82, 2.24) is 0 Å². The molecule has 0 aliphatic heterocycles. The third-order valence-corrected chi connectivity index (χ3v) is 3.82. The van der Waals surface area contributed by atoms with E-state index in [0.717, 1.165) is 22.8 Å². The summed E-state index contributed by atoms with van der Waals surface area (Å²) in [7, 11) is 1.37. The molecule has 3 nitrogen and oxygen atoms in total. The van der Waals surface area contributed by atoms with Gasteiger partial charge in [-0.3, -0.25) is 0 Å². The molecule has 0 saturated heterocycles. The minimum Gasteiger partial charge on any atom is -0.494 e. The quantitative estimate of drug-likeness (QED) is 0.624. The standard InChI is InChI=1S/C21H17FO3/c1-24-20-12-11-18(13-19(20)22)21(23)25-14-15-7-9-17(10-8-15)16-5-3-2-4-6-16/h2-13H,14H2,1H3. The van der Waals surface area contributed by atoms with Gasteiger partial charge in [-0.15, -0.1) is 0 Å². The number of methoxy groups -OCH3 is 1. The zero-order valence-electron chi connectivity index (χ0n) is 13.7. The summed E-state index contributed by atoms with van der Waals surface area (Å²) in [5.74, 6) is -1.08. The van der Waals surface area contributed by atoms with Crippen molar-refractivity contribution in [2.24, 2.45) is 0 Å². The molecule has 0 spiro atoms. The molecule has 0 atom stereocenters. The number of ether oxygens (including phenoxy) is 2. The number of esters is 1. The van der Waals surface area contributed by atoms with Crippen molar-refractivity contribution >= 4 is 5.97 Å². The molecule has 0 radical (unpaired) electrons.